The van der Waals surface area contributed by atoms with E-state index in [2.05, 4.69) is 5.32 Å². The van der Waals surface area contributed by atoms with Crippen molar-refractivity contribution in [3.63, 3.8) is 0 Å². The van der Waals surface area contributed by atoms with E-state index in [9.17, 15) is 9.59 Å². The third-order valence-corrected chi connectivity index (χ3v) is 4.44. The fourth-order valence-electron chi connectivity index (χ4n) is 2.35. The van der Waals surface area contributed by atoms with Crippen molar-refractivity contribution in [1.29, 1.82) is 0 Å². The van der Waals surface area contributed by atoms with E-state index in [0.29, 0.717) is 22.3 Å². The zero-order valence-electron chi connectivity index (χ0n) is 14.6. The number of amides is 2. The molecule has 0 unspecified atom stereocenters. The van der Waals surface area contributed by atoms with E-state index in [4.69, 9.17) is 27.9 Å². The Bertz CT molecular complexity index is 759. The summed E-state index contributed by atoms with van der Waals surface area (Å²) in [5.41, 5.74) is 1.33. The van der Waals surface area contributed by atoms with E-state index in [1.54, 1.807) is 30.2 Å². The van der Waals surface area contributed by atoms with Crippen LogP contribution in [0.1, 0.15) is 18.9 Å². The highest BCUT2D eigenvalue weighted by molar-refractivity contribution is 6.39. The SMILES string of the molecule is COc1ccc(CN(CCC(=O)Nc2c(Cl)cccc2Cl)C(C)=O)cc1. The number of halogens is 2. The van der Waals surface area contributed by atoms with Crippen molar-refractivity contribution < 1.29 is 14.3 Å². The monoisotopic (exact) mass is 394 g/mol. The molecule has 2 rings (SSSR count). The average molecular weight is 395 g/mol. The van der Waals surface area contributed by atoms with E-state index < -0.39 is 0 Å². The van der Waals surface area contributed by atoms with Crippen molar-refractivity contribution >= 4 is 40.7 Å². The summed E-state index contributed by atoms with van der Waals surface area (Å²) in [4.78, 5) is 25.7. The van der Waals surface area contributed by atoms with E-state index in [1.165, 1.54) is 6.92 Å². The number of nitrogens with zero attached hydrogens (tertiary/aromatic N) is 1. The predicted octanol–water partition coefficient (Wildman–Crippen LogP) is 4.38. The highest BCUT2D eigenvalue weighted by Crippen LogP contribution is 2.29. The summed E-state index contributed by atoms with van der Waals surface area (Å²) in [5, 5.41) is 3.43. The lowest BCUT2D eigenvalue weighted by Crippen LogP contribution is -2.31. The molecule has 0 heterocycles. The van der Waals surface area contributed by atoms with Gasteiger partial charge < -0.3 is 15.0 Å². The molecule has 0 saturated carbocycles. The van der Waals surface area contributed by atoms with Crippen LogP contribution < -0.4 is 10.1 Å². The van der Waals surface area contributed by atoms with Gasteiger partial charge in [-0.25, -0.2) is 0 Å². The van der Waals surface area contributed by atoms with Crippen molar-refractivity contribution in [3.05, 3.63) is 58.1 Å². The maximum atomic E-state index is 12.2. The maximum Gasteiger partial charge on any atom is 0.226 e. The second kappa shape index (κ2) is 9.46. The van der Waals surface area contributed by atoms with Gasteiger partial charge in [0, 0.05) is 26.4 Å². The molecule has 0 aliphatic heterocycles. The summed E-state index contributed by atoms with van der Waals surface area (Å²) >= 11 is 12.1. The number of methoxy groups -OCH3 is 1. The molecule has 138 valence electrons. The number of ether oxygens (including phenoxy) is 1. The van der Waals surface area contributed by atoms with E-state index in [0.717, 1.165) is 11.3 Å². The normalized spacial score (nSPS) is 10.3. The molecule has 0 aliphatic carbocycles. The topological polar surface area (TPSA) is 58.6 Å². The van der Waals surface area contributed by atoms with E-state index >= 15 is 0 Å². The van der Waals surface area contributed by atoms with Gasteiger partial charge in [0.05, 0.1) is 22.8 Å². The molecule has 2 amide bonds. The Labute approximate surface area is 162 Å². The quantitative estimate of drug-likeness (QED) is 0.757. The minimum absolute atomic E-state index is 0.107. The summed E-state index contributed by atoms with van der Waals surface area (Å²) in [7, 11) is 1.60. The van der Waals surface area contributed by atoms with Crippen molar-refractivity contribution in [2.45, 2.75) is 19.9 Å². The van der Waals surface area contributed by atoms with Gasteiger partial charge in [0.15, 0.2) is 0 Å². The molecule has 0 fully saturated rings. The molecule has 1 N–H and O–H groups in total. The highest BCUT2D eigenvalue weighted by atomic mass is 35.5. The van der Waals surface area contributed by atoms with Gasteiger partial charge >= 0.3 is 0 Å². The van der Waals surface area contributed by atoms with Gasteiger partial charge in [0.1, 0.15) is 5.75 Å². The van der Waals surface area contributed by atoms with Gasteiger partial charge in [-0.05, 0) is 29.8 Å². The Morgan fingerprint density at radius 1 is 1.08 bits per heavy atom. The third-order valence-electron chi connectivity index (χ3n) is 3.81. The molecule has 5 nitrogen and oxygen atoms in total. The van der Waals surface area contributed by atoms with Gasteiger partial charge in [-0.1, -0.05) is 41.4 Å². The number of carbonyl (C=O) groups is 2. The number of anilines is 1. The predicted molar refractivity (Wildman–Crippen MR) is 104 cm³/mol. The van der Waals surface area contributed by atoms with Gasteiger partial charge in [-0.2, -0.15) is 0 Å². The molecule has 0 aliphatic rings. The van der Waals surface area contributed by atoms with Crippen molar-refractivity contribution in [3.8, 4) is 5.75 Å². The second-order valence-electron chi connectivity index (χ2n) is 5.68. The van der Waals surface area contributed by atoms with Crippen molar-refractivity contribution in [2.24, 2.45) is 0 Å². The van der Waals surface area contributed by atoms with E-state index in [1.807, 2.05) is 24.3 Å². The molecular weight excluding hydrogens is 375 g/mol. The number of rotatable bonds is 7. The minimum atomic E-state index is -0.263. The summed E-state index contributed by atoms with van der Waals surface area (Å²) in [6.07, 6.45) is 0.136. The van der Waals surface area contributed by atoms with Crippen LogP contribution in [-0.2, 0) is 16.1 Å². The zero-order valence-corrected chi connectivity index (χ0v) is 16.1. The Kier molecular flexibility index (Phi) is 7.30. The average Bonchev–Trinajstić information content (AvgIpc) is 2.62. The fraction of sp³-hybridized carbons (Fsp3) is 0.263. The van der Waals surface area contributed by atoms with E-state index in [-0.39, 0.29) is 24.8 Å². The number of hydrogen-bond acceptors (Lipinski definition) is 3. The van der Waals surface area contributed by atoms with Gasteiger partial charge in [-0.15, -0.1) is 0 Å². The number of para-hydroxylation sites is 1. The van der Waals surface area contributed by atoms with Crippen LogP contribution in [0.25, 0.3) is 0 Å². The van der Waals surface area contributed by atoms with Crippen LogP contribution in [0.4, 0.5) is 5.69 Å². The van der Waals surface area contributed by atoms with Crippen LogP contribution in [0.3, 0.4) is 0 Å². The molecule has 2 aromatic carbocycles. The third kappa shape index (κ3) is 5.64. The first-order valence-corrected chi connectivity index (χ1v) is 8.78. The highest BCUT2D eigenvalue weighted by Gasteiger charge is 2.14. The lowest BCUT2D eigenvalue weighted by molar-refractivity contribution is -0.129. The molecule has 26 heavy (non-hydrogen) atoms. The first-order chi connectivity index (χ1) is 12.4. The summed E-state index contributed by atoms with van der Waals surface area (Å²) in [5.74, 6) is 0.379. The van der Waals surface area contributed by atoms with Crippen molar-refractivity contribution in [2.75, 3.05) is 19.0 Å². The Morgan fingerprint density at radius 3 is 2.23 bits per heavy atom. The van der Waals surface area contributed by atoms with Crippen LogP contribution in [0, 0.1) is 0 Å². The van der Waals surface area contributed by atoms with Gasteiger partial charge in [0.2, 0.25) is 11.8 Å². The van der Waals surface area contributed by atoms with Gasteiger partial charge in [0.25, 0.3) is 0 Å². The number of benzene rings is 2. The molecule has 0 aromatic heterocycles. The molecule has 2 aromatic rings. The Hall–Kier alpha value is -2.24. The van der Waals surface area contributed by atoms with Crippen LogP contribution in [0.2, 0.25) is 10.0 Å². The minimum Gasteiger partial charge on any atom is -0.497 e. The lowest BCUT2D eigenvalue weighted by Gasteiger charge is -2.21. The summed E-state index contributed by atoms with van der Waals surface area (Å²) in [6, 6.07) is 12.4. The Balaban J connectivity index is 1.95. The molecular formula is C19H20Cl2N2O3. The molecule has 0 radical (unpaired) electrons. The molecule has 0 spiro atoms. The van der Waals surface area contributed by atoms with Crippen LogP contribution in [0.15, 0.2) is 42.5 Å². The van der Waals surface area contributed by atoms with Gasteiger partial charge in [-0.3, -0.25) is 9.59 Å². The zero-order chi connectivity index (χ0) is 19.1. The Morgan fingerprint density at radius 2 is 1.69 bits per heavy atom. The molecule has 0 atom stereocenters. The number of carbonyl (C=O) groups excluding carboxylic acids is 2. The molecule has 7 heteroatoms. The summed E-state index contributed by atoms with van der Waals surface area (Å²) in [6.45, 7) is 2.18. The van der Waals surface area contributed by atoms with Crippen LogP contribution in [-0.4, -0.2) is 30.4 Å². The largest absolute Gasteiger partial charge is 0.497 e. The number of nitrogens with one attached hydrogen (secondary N) is 1. The molecule has 0 bridgehead atoms. The number of hydrogen-bond donors (Lipinski definition) is 1. The standard InChI is InChI=1S/C19H20Cl2N2O3/c1-13(24)23(12-14-6-8-15(26-2)9-7-14)11-10-18(25)22-19-16(20)4-3-5-17(19)21/h3-9H,10-12H2,1-2H3,(H,22,25). The fourth-order valence-corrected chi connectivity index (χ4v) is 2.85. The molecule has 0 saturated heterocycles. The second-order valence-corrected chi connectivity index (χ2v) is 6.50. The first-order valence-electron chi connectivity index (χ1n) is 8.03. The smallest absolute Gasteiger partial charge is 0.226 e. The maximum absolute atomic E-state index is 12.2. The lowest BCUT2D eigenvalue weighted by atomic mass is 10.2. The van der Waals surface area contributed by atoms with Crippen molar-refractivity contribution in [1.82, 2.24) is 4.90 Å². The summed E-state index contributed by atoms with van der Waals surface area (Å²) < 4.78 is 5.12. The van der Waals surface area contributed by atoms with Crippen LogP contribution in [0.5, 0.6) is 5.75 Å². The first kappa shape index (κ1) is 20.1. The van der Waals surface area contributed by atoms with Crippen LogP contribution >= 0.6 is 23.2 Å².